The number of rotatable bonds is 6. The quantitative estimate of drug-likeness (QED) is 0.636. The molecule has 1 saturated heterocycles. The zero-order valence-corrected chi connectivity index (χ0v) is 8.67. The van der Waals surface area contributed by atoms with E-state index in [1.165, 1.54) is 58.2 Å². The van der Waals surface area contributed by atoms with Crippen molar-refractivity contribution in [2.75, 3.05) is 26.2 Å². The van der Waals surface area contributed by atoms with Crippen molar-refractivity contribution in [2.24, 2.45) is 5.73 Å². The van der Waals surface area contributed by atoms with Gasteiger partial charge in [0, 0.05) is 0 Å². The van der Waals surface area contributed by atoms with Crippen LogP contribution < -0.4 is 5.73 Å². The lowest BCUT2D eigenvalue weighted by Gasteiger charge is -2.26. The monoisotopic (exact) mass is 183 g/mol. The number of hydrogen-bond acceptors (Lipinski definition) is 2. The number of piperidine rings is 1. The molecule has 2 heteroatoms. The Morgan fingerprint density at radius 3 is 2.38 bits per heavy atom. The SMILES string of the molecule is NCCCCCCN1CC[CH]CC1. The minimum Gasteiger partial charge on any atom is -0.330 e. The van der Waals surface area contributed by atoms with E-state index >= 15 is 0 Å². The number of nitrogens with two attached hydrogens (primary N) is 1. The summed E-state index contributed by atoms with van der Waals surface area (Å²) in [6, 6.07) is 0. The highest BCUT2D eigenvalue weighted by Gasteiger charge is 2.08. The summed E-state index contributed by atoms with van der Waals surface area (Å²) in [6.45, 7) is 4.74. The van der Waals surface area contributed by atoms with Gasteiger partial charge in [0.15, 0.2) is 0 Å². The van der Waals surface area contributed by atoms with Gasteiger partial charge < -0.3 is 10.6 Å². The Kier molecular flexibility index (Phi) is 6.21. The zero-order valence-electron chi connectivity index (χ0n) is 8.67. The Labute approximate surface area is 82.5 Å². The Morgan fingerprint density at radius 1 is 1.00 bits per heavy atom. The van der Waals surface area contributed by atoms with Crippen LogP contribution in [-0.4, -0.2) is 31.1 Å². The fourth-order valence-corrected chi connectivity index (χ4v) is 1.86. The number of hydrogen-bond donors (Lipinski definition) is 1. The minimum absolute atomic E-state index is 0.860. The summed E-state index contributed by atoms with van der Waals surface area (Å²) in [6.07, 6.45) is 10.2. The molecule has 2 N–H and O–H groups in total. The molecule has 0 aromatic heterocycles. The average Bonchev–Trinajstić information content (AvgIpc) is 2.19. The standard InChI is InChI=1S/C11H23N2/c12-8-4-1-2-5-9-13-10-6-3-7-11-13/h3H,1-2,4-12H2. The molecule has 1 aliphatic rings. The second-order valence-electron chi connectivity index (χ2n) is 3.91. The molecule has 0 saturated carbocycles. The van der Waals surface area contributed by atoms with Crippen LogP contribution in [-0.2, 0) is 0 Å². The highest BCUT2D eigenvalue weighted by atomic mass is 15.1. The second kappa shape index (κ2) is 7.34. The van der Waals surface area contributed by atoms with Crippen LogP contribution in [0.5, 0.6) is 0 Å². The van der Waals surface area contributed by atoms with Crippen molar-refractivity contribution in [2.45, 2.75) is 38.5 Å². The number of likely N-dealkylation sites (tertiary alicyclic amines) is 1. The van der Waals surface area contributed by atoms with E-state index in [0.29, 0.717) is 0 Å². The van der Waals surface area contributed by atoms with Gasteiger partial charge in [-0.1, -0.05) is 12.8 Å². The van der Waals surface area contributed by atoms with Crippen LogP contribution in [0.25, 0.3) is 0 Å². The van der Waals surface area contributed by atoms with E-state index in [0.717, 1.165) is 6.54 Å². The minimum atomic E-state index is 0.860. The molecule has 77 valence electrons. The molecule has 0 unspecified atom stereocenters. The van der Waals surface area contributed by atoms with E-state index in [2.05, 4.69) is 11.3 Å². The summed E-state index contributed by atoms with van der Waals surface area (Å²) in [5.74, 6) is 0. The lowest BCUT2D eigenvalue weighted by Crippen LogP contribution is -2.30. The average molecular weight is 183 g/mol. The van der Waals surface area contributed by atoms with Crippen molar-refractivity contribution in [3.05, 3.63) is 6.42 Å². The van der Waals surface area contributed by atoms with Gasteiger partial charge in [0.2, 0.25) is 0 Å². The van der Waals surface area contributed by atoms with Gasteiger partial charge in [-0.2, -0.15) is 0 Å². The zero-order chi connectivity index (χ0) is 9.36. The van der Waals surface area contributed by atoms with Crippen LogP contribution in [0.15, 0.2) is 0 Å². The first-order valence-corrected chi connectivity index (χ1v) is 5.67. The van der Waals surface area contributed by atoms with Crippen molar-refractivity contribution in [1.29, 1.82) is 0 Å². The lowest BCUT2D eigenvalue weighted by molar-refractivity contribution is 0.248. The van der Waals surface area contributed by atoms with Gasteiger partial charge >= 0.3 is 0 Å². The molecule has 2 nitrogen and oxygen atoms in total. The molecule has 0 amide bonds. The van der Waals surface area contributed by atoms with E-state index in [1.807, 2.05) is 0 Å². The fourth-order valence-electron chi connectivity index (χ4n) is 1.86. The Bertz CT molecular complexity index is 109. The fraction of sp³-hybridized carbons (Fsp3) is 0.909. The first kappa shape index (κ1) is 11.0. The van der Waals surface area contributed by atoms with Crippen molar-refractivity contribution in [3.8, 4) is 0 Å². The molecule has 1 radical (unpaired) electrons. The summed E-state index contributed by atoms with van der Waals surface area (Å²) in [7, 11) is 0. The Balaban J connectivity index is 1.86. The van der Waals surface area contributed by atoms with Gasteiger partial charge in [0.25, 0.3) is 0 Å². The number of unbranched alkanes of at least 4 members (excludes halogenated alkanes) is 3. The van der Waals surface area contributed by atoms with Crippen molar-refractivity contribution in [3.63, 3.8) is 0 Å². The van der Waals surface area contributed by atoms with Gasteiger partial charge in [-0.25, -0.2) is 0 Å². The molecule has 0 spiro atoms. The van der Waals surface area contributed by atoms with Crippen LogP contribution >= 0.6 is 0 Å². The molecule has 0 bridgehead atoms. The largest absolute Gasteiger partial charge is 0.330 e. The summed E-state index contributed by atoms with van der Waals surface area (Å²) < 4.78 is 0. The predicted molar refractivity (Wildman–Crippen MR) is 57.5 cm³/mol. The molecular weight excluding hydrogens is 160 g/mol. The Hall–Kier alpha value is -0.0800. The molecule has 1 fully saturated rings. The molecule has 1 aliphatic heterocycles. The maximum Gasteiger partial charge on any atom is -0.00160 e. The normalized spacial score (nSPS) is 19.2. The number of nitrogens with zero attached hydrogens (tertiary/aromatic N) is 1. The van der Waals surface area contributed by atoms with Crippen molar-refractivity contribution >= 4 is 0 Å². The van der Waals surface area contributed by atoms with Crippen molar-refractivity contribution in [1.82, 2.24) is 4.90 Å². The second-order valence-corrected chi connectivity index (χ2v) is 3.91. The van der Waals surface area contributed by atoms with E-state index in [9.17, 15) is 0 Å². The van der Waals surface area contributed by atoms with Crippen molar-refractivity contribution < 1.29 is 0 Å². The van der Waals surface area contributed by atoms with Gasteiger partial charge in [0.05, 0.1) is 0 Å². The van der Waals surface area contributed by atoms with Crippen LogP contribution in [0.3, 0.4) is 0 Å². The summed E-state index contributed by atoms with van der Waals surface area (Å²) >= 11 is 0. The van der Waals surface area contributed by atoms with Gasteiger partial charge in [-0.15, -0.1) is 0 Å². The third-order valence-electron chi connectivity index (χ3n) is 2.73. The van der Waals surface area contributed by atoms with Crippen LogP contribution in [0, 0.1) is 6.42 Å². The third-order valence-corrected chi connectivity index (χ3v) is 2.73. The van der Waals surface area contributed by atoms with Gasteiger partial charge in [0.1, 0.15) is 0 Å². The first-order chi connectivity index (χ1) is 6.43. The third kappa shape index (κ3) is 5.27. The maximum absolute atomic E-state index is 5.44. The highest BCUT2D eigenvalue weighted by molar-refractivity contribution is 4.76. The Morgan fingerprint density at radius 2 is 1.69 bits per heavy atom. The van der Waals surface area contributed by atoms with E-state index < -0.39 is 0 Å². The lowest BCUT2D eigenvalue weighted by atomic mass is 10.1. The smallest absolute Gasteiger partial charge is 0.00160 e. The van der Waals surface area contributed by atoms with Crippen LogP contribution in [0.4, 0.5) is 0 Å². The summed E-state index contributed by atoms with van der Waals surface area (Å²) in [5, 5.41) is 0. The highest BCUT2D eigenvalue weighted by Crippen LogP contribution is 2.09. The van der Waals surface area contributed by atoms with Gasteiger partial charge in [-0.05, 0) is 58.3 Å². The predicted octanol–water partition coefficient (Wildman–Crippen LogP) is 1.81. The molecular formula is C11H23N2. The molecule has 1 rings (SSSR count). The van der Waals surface area contributed by atoms with E-state index in [-0.39, 0.29) is 0 Å². The first-order valence-electron chi connectivity index (χ1n) is 5.67. The summed E-state index contributed by atoms with van der Waals surface area (Å²) in [5.41, 5.74) is 5.44. The maximum atomic E-state index is 5.44. The summed E-state index contributed by atoms with van der Waals surface area (Å²) in [4.78, 5) is 2.59. The van der Waals surface area contributed by atoms with Crippen LogP contribution in [0.1, 0.15) is 38.5 Å². The molecule has 1 heterocycles. The molecule has 0 aromatic carbocycles. The molecule has 0 aromatic rings. The van der Waals surface area contributed by atoms with E-state index in [1.54, 1.807) is 0 Å². The van der Waals surface area contributed by atoms with Crippen LogP contribution in [0.2, 0.25) is 0 Å². The topological polar surface area (TPSA) is 29.3 Å². The van der Waals surface area contributed by atoms with E-state index in [4.69, 9.17) is 5.73 Å². The molecule has 0 aliphatic carbocycles. The van der Waals surface area contributed by atoms with Gasteiger partial charge in [-0.3, -0.25) is 0 Å². The molecule has 13 heavy (non-hydrogen) atoms. The molecule has 0 atom stereocenters.